The number of amides is 3. The van der Waals surface area contributed by atoms with Crippen molar-refractivity contribution >= 4 is 35.3 Å². The molecule has 0 aromatic heterocycles. The predicted molar refractivity (Wildman–Crippen MR) is 77.2 cm³/mol. The van der Waals surface area contributed by atoms with E-state index in [0.29, 0.717) is 24.8 Å². The summed E-state index contributed by atoms with van der Waals surface area (Å²) >= 11 is 5.29. The Hall–Kier alpha value is -1.71. The minimum Gasteiger partial charge on any atom is -0.378 e. The maximum atomic E-state index is 11.4. The maximum Gasteiger partial charge on any atom is 0.335 e. The van der Waals surface area contributed by atoms with Gasteiger partial charge in [-0.15, -0.1) is 16.7 Å². The number of carbonyl (C=O) groups is 4. The van der Waals surface area contributed by atoms with E-state index < -0.39 is 17.8 Å². The van der Waals surface area contributed by atoms with E-state index in [0.717, 1.165) is 0 Å². The number of ether oxygens (including phenoxy) is 2. The van der Waals surface area contributed by atoms with Crippen LogP contribution >= 0.6 is 11.6 Å². The molecule has 0 atom stereocenters. The lowest BCUT2D eigenvalue weighted by molar-refractivity contribution is -0.198. The van der Waals surface area contributed by atoms with E-state index in [1.807, 2.05) is 0 Å². The number of halogens is 1. The van der Waals surface area contributed by atoms with Crippen molar-refractivity contribution in [2.45, 2.75) is 19.3 Å². The van der Waals surface area contributed by atoms with Gasteiger partial charge in [-0.25, -0.2) is 4.79 Å². The number of carbonyl (C=O) groups excluding carboxylic acids is 4. The van der Waals surface area contributed by atoms with Crippen molar-refractivity contribution in [2.24, 2.45) is 0 Å². The second-order valence-electron chi connectivity index (χ2n) is 4.50. The third kappa shape index (κ3) is 7.91. The highest BCUT2D eigenvalue weighted by Gasteiger charge is 2.32. The van der Waals surface area contributed by atoms with Crippen LogP contribution in [-0.2, 0) is 33.5 Å². The first-order valence-electron chi connectivity index (χ1n) is 7.09. The Kier molecular flexibility index (Phi) is 9.18. The quantitative estimate of drug-likeness (QED) is 0.300. The van der Waals surface area contributed by atoms with Crippen molar-refractivity contribution in [3.63, 3.8) is 0 Å². The van der Waals surface area contributed by atoms with Gasteiger partial charge in [0.25, 0.3) is 11.8 Å². The molecule has 0 bridgehead atoms. The number of nitrogens with zero attached hydrogens (tertiary/aromatic N) is 1. The molecule has 0 spiro atoms. The van der Waals surface area contributed by atoms with Crippen molar-refractivity contribution in [3.8, 4) is 0 Å². The highest BCUT2D eigenvalue weighted by Crippen LogP contribution is 2.12. The number of imide groups is 1. The number of hydrogen-bond donors (Lipinski definition) is 1. The van der Waals surface area contributed by atoms with Gasteiger partial charge in [0.1, 0.15) is 5.88 Å². The lowest BCUT2D eigenvalue weighted by Gasteiger charge is -2.12. The molecule has 1 rings (SSSR count). The first-order chi connectivity index (χ1) is 11.0. The van der Waals surface area contributed by atoms with E-state index in [1.54, 1.807) is 0 Å². The van der Waals surface area contributed by atoms with E-state index in [9.17, 15) is 19.2 Å². The molecule has 23 heavy (non-hydrogen) atoms. The maximum absolute atomic E-state index is 11.4. The molecule has 0 aromatic carbocycles. The molecular weight excluding hydrogens is 332 g/mol. The number of hydroxylamine groups is 2. The Bertz CT molecular complexity index is 428. The van der Waals surface area contributed by atoms with E-state index in [2.05, 4.69) is 10.2 Å². The summed E-state index contributed by atoms with van der Waals surface area (Å²) in [5.74, 6) is -2.09. The normalized spacial score (nSPS) is 14.2. The zero-order valence-corrected chi connectivity index (χ0v) is 13.3. The van der Waals surface area contributed by atoms with Gasteiger partial charge in [0, 0.05) is 19.4 Å². The van der Waals surface area contributed by atoms with Gasteiger partial charge >= 0.3 is 5.97 Å². The van der Waals surface area contributed by atoms with Crippen LogP contribution in [0.2, 0.25) is 0 Å². The Labute approximate surface area is 138 Å². The van der Waals surface area contributed by atoms with Crippen molar-refractivity contribution in [1.82, 2.24) is 10.4 Å². The standard InChI is InChI=1S/C13H19ClN2O7/c14-9-10(17)15-4-6-22-8-7-21-5-3-13(20)23-16-11(18)1-2-12(16)19/h1-9H2,(H,15,17). The Morgan fingerprint density at radius 3 is 2.26 bits per heavy atom. The Morgan fingerprint density at radius 2 is 1.65 bits per heavy atom. The van der Waals surface area contributed by atoms with Crippen molar-refractivity contribution in [2.75, 3.05) is 38.9 Å². The van der Waals surface area contributed by atoms with Crippen LogP contribution in [0.3, 0.4) is 0 Å². The lowest BCUT2D eigenvalue weighted by atomic mass is 10.4. The van der Waals surface area contributed by atoms with Gasteiger partial charge in [-0.2, -0.15) is 0 Å². The van der Waals surface area contributed by atoms with Gasteiger partial charge in [-0.05, 0) is 0 Å². The molecule has 130 valence electrons. The van der Waals surface area contributed by atoms with Crippen LogP contribution in [0.1, 0.15) is 19.3 Å². The zero-order chi connectivity index (χ0) is 17.1. The summed E-state index contributed by atoms with van der Waals surface area (Å²) in [5.41, 5.74) is 0. The van der Waals surface area contributed by atoms with Gasteiger partial charge in [0.2, 0.25) is 5.91 Å². The summed E-state index contributed by atoms with van der Waals surface area (Å²) < 4.78 is 10.3. The molecule has 0 saturated carbocycles. The van der Waals surface area contributed by atoms with Crippen LogP contribution in [0.15, 0.2) is 0 Å². The van der Waals surface area contributed by atoms with E-state index in [-0.39, 0.29) is 44.3 Å². The average Bonchev–Trinajstić information content (AvgIpc) is 2.84. The summed E-state index contributed by atoms with van der Waals surface area (Å²) in [4.78, 5) is 49.3. The minimum atomic E-state index is -0.710. The minimum absolute atomic E-state index is 0.0608. The van der Waals surface area contributed by atoms with Crippen molar-refractivity contribution in [3.05, 3.63) is 0 Å². The second kappa shape index (κ2) is 10.9. The van der Waals surface area contributed by atoms with E-state index in [4.69, 9.17) is 21.1 Å². The van der Waals surface area contributed by atoms with Crippen LogP contribution in [0.4, 0.5) is 0 Å². The largest absolute Gasteiger partial charge is 0.378 e. The molecule has 1 N–H and O–H groups in total. The summed E-state index contributed by atoms with van der Waals surface area (Å²) in [5, 5.41) is 3.03. The summed E-state index contributed by atoms with van der Waals surface area (Å²) in [7, 11) is 0. The van der Waals surface area contributed by atoms with Crippen LogP contribution in [0.5, 0.6) is 0 Å². The number of hydrogen-bond acceptors (Lipinski definition) is 7. The SMILES string of the molecule is O=C(CCl)NCCOCCOCCC(=O)ON1C(=O)CCC1=O. The third-order valence-electron chi connectivity index (χ3n) is 2.71. The van der Waals surface area contributed by atoms with Crippen LogP contribution in [0, 0.1) is 0 Å². The fourth-order valence-electron chi connectivity index (χ4n) is 1.59. The van der Waals surface area contributed by atoms with Crippen LogP contribution < -0.4 is 5.32 Å². The van der Waals surface area contributed by atoms with Gasteiger partial charge in [0.05, 0.1) is 32.8 Å². The molecule has 0 radical (unpaired) electrons. The summed E-state index contributed by atoms with van der Waals surface area (Å²) in [6.07, 6.45) is 0.0411. The molecule has 1 aliphatic heterocycles. The number of rotatable bonds is 11. The molecule has 1 fully saturated rings. The van der Waals surface area contributed by atoms with E-state index in [1.165, 1.54) is 0 Å². The second-order valence-corrected chi connectivity index (χ2v) is 4.77. The topological polar surface area (TPSA) is 111 Å². The predicted octanol–water partition coefficient (Wildman–Crippen LogP) is -0.628. The summed E-state index contributed by atoms with van der Waals surface area (Å²) in [6.45, 7) is 1.33. The molecule has 1 aliphatic rings. The molecular formula is C13H19ClN2O7. The third-order valence-corrected chi connectivity index (χ3v) is 2.95. The van der Waals surface area contributed by atoms with Crippen LogP contribution in [0.25, 0.3) is 0 Å². The smallest absolute Gasteiger partial charge is 0.335 e. The van der Waals surface area contributed by atoms with Crippen molar-refractivity contribution in [1.29, 1.82) is 0 Å². The fraction of sp³-hybridized carbons (Fsp3) is 0.692. The fourth-order valence-corrected chi connectivity index (χ4v) is 1.69. The van der Waals surface area contributed by atoms with Crippen LogP contribution in [-0.4, -0.2) is 67.6 Å². The number of nitrogens with one attached hydrogen (secondary N) is 1. The first-order valence-corrected chi connectivity index (χ1v) is 7.62. The van der Waals surface area contributed by atoms with E-state index >= 15 is 0 Å². The monoisotopic (exact) mass is 350 g/mol. The Morgan fingerprint density at radius 1 is 1.04 bits per heavy atom. The molecule has 9 nitrogen and oxygen atoms in total. The molecule has 1 heterocycles. The molecule has 0 aromatic rings. The molecule has 1 saturated heterocycles. The van der Waals surface area contributed by atoms with Gasteiger partial charge in [-0.3, -0.25) is 14.4 Å². The zero-order valence-electron chi connectivity index (χ0n) is 12.5. The van der Waals surface area contributed by atoms with Gasteiger partial charge in [-0.1, -0.05) is 0 Å². The lowest BCUT2D eigenvalue weighted by Crippen LogP contribution is -2.32. The molecule has 0 unspecified atom stereocenters. The van der Waals surface area contributed by atoms with Gasteiger partial charge < -0.3 is 19.6 Å². The Balaban J connectivity index is 1.94. The highest BCUT2D eigenvalue weighted by molar-refractivity contribution is 6.27. The van der Waals surface area contributed by atoms with Crippen molar-refractivity contribution < 1.29 is 33.5 Å². The highest BCUT2D eigenvalue weighted by atomic mass is 35.5. The number of alkyl halides is 1. The molecule has 3 amide bonds. The first kappa shape index (κ1) is 19.3. The average molecular weight is 351 g/mol. The van der Waals surface area contributed by atoms with Gasteiger partial charge in [0.15, 0.2) is 0 Å². The summed E-state index contributed by atoms with van der Waals surface area (Å²) in [6, 6.07) is 0. The molecule has 0 aliphatic carbocycles. The molecule has 10 heteroatoms.